The quantitative estimate of drug-likeness (QED) is 0.270. The lowest BCUT2D eigenvalue weighted by molar-refractivity contribution is 0.0714. The van der Waals surface area contributed by atoms with Crippen LogP contribution in [0.1, 0.15) is 33.3 Å². The third-order valence-electron chi connectivity index (χ3n) is 5.49. The predicted molar refractivity (Wildman–Crippen MR) is 130 cm³/mol. The Morgan fingerprint density at radius 1 is 0.906 bits per heavy atom. The molecular weight excluding hydrogens is 537 g/mol. The van der Waals surface area contributed by atoms with Crippen molar-refractivity contribution >= 4 is 67.6 Å². The summed E-state index contributed by atoms with van der Waals surface area (Å²) in [5, 5.41) is 1.62. The summed E-state index contributed by atoms with van der Waals surface area (Å²) < 4.78 is 6.69. The molecule has 1 aliphatic heterocycles. The fourth-order valence-electron chi connectivity index (χ4n) is 3.99. The summed E-state index contributed by atoms with van der Waals surface area (Å²) in [5.74, 6) is -0.370. The zero-order valence-corrected chi connectivity index (χ0v) is 20.1. The number of carbonyl (C=O) groups excluding carboxylic acids is 1. The molecule has 4 aromatic rings. The van der Waals surface area contributed by atoms with Crippen LogP contribution in [0.3, 0.4) is 0 Å². The Balaban J connectivity index is 1.76. The number of amides is 1. The van der Waals surface area contributed by atoms with Gasteiger partial charge in [-0.2, -0.15) is 0 Å². The van der Waals surface area contributed by atoms with Crippen LogP contribution in [-0.2, 0) is 6.54 Å². The van der Waals surface area contributed by atoms with E-state index in [2.05, 4.69) is 15.9 Å². The maximum atomic E-state index is 13.6. The van der Waals surface area contributed by atoms with E-state index in [0.717, 1.165) is 10.0 Å². The van der Waals surface area contributed by atoms with Crippen molar-refractivity contribution in [3.8, 4) is 0 Å². The minimum absolute atomic E-state index is 0.0212. The third kappa shape index (κ3) is 3.54. The first kappa shape index (κ1) is 21.5. The van der Waals surface area contributed by atoms with Gasteiger partial charge in [-0.3, -0.25) is 9.59 Å². The Labute approximate surface area is 206 Å². The van der Waals surface area contributed by atoms with Gasteiger partial charge in [0.2, 0.25) is 5.76 Å². The number of nitrogens with zero attached hydrogens (tertiary/aromatic N) is 1. The van der Waals surface area contributed by atoms with Crippen molar-refractivity contribution in [3.63, 3.8) is 0 Å². The molecule has 5 rings (SSSR count). The highest BCUT2D eigenvalue weighted by Crippen LogP contribution is 2.41. The third-order valence-corrected chi connectivity index (χ3v) is 7.09. The highest BCUT2D eigenvalue weighted by molar-refractivity contribution is 9.10. The van der Waals surface area contributed by atoms with Gasteiger partial charge in [0.1, 0.15) is 5.58 Å². The van der Waals surface area contributed by atoms with Gasteiger partial charge >= 0.3 is 0 Å². The molecule has 1 unspecified atom stereocenters. The summed E-state index contributed by atoms with van der Waals surface area (Å²) in [6.07, 6.45) is 0. The molecule has 1 aromatic heterocycles. The van der Waals surface area contributed by atoms with Crippen LogP contribution in [0, 0.1) is 0 Å². The van der Waals surface area contributed by atoms with Crippen molar-refractivity contribution in [1.29, 1.82) is 0 Å². The van der Waals surface area contributed by atoms with Crippen molar-refractivity contribution in [2.24, 2.45) is 0 Å². The van der Waals surface area contributed by atoms with Crippen LogP contribution in [0.2, 0.25) is 15.1 Å². The minimum Gasteiger partial charge on any atom is -0.450 e. The Kier molecular flexibility index (Phi) is 5.54. The number of fused-ring (bicyclic) bond motifs is 2. The second-order valence-corrected chi connectivity index (χ2v) is 9.55. The molecule has 3 aromatic carbocycles. The van der Waals surface area contributed by atoms with E-state index < -0.39 is 11.9 Å². The van der Waals surface area contributed by atoms with E-state index >= 15 is 0 Å². The van der Waals surface area contributed by atoms with Crippen LogP contribution in [-0.4, -0.2) is 10.8 Å². The molecule has 0 spiro atoms. The van der Waals surface area contributed by atoms with Gasteiger partial charge in [-0.1, -0.05) is 75.0 Å². The maximum Gasteiger partial charge on any atom is 0.291 e. The molecular formula is C24H13BrCl3NO3. The van der Waals surface area contributed by atoms with Gasteiger partial charge in [0.05, 0.1) is 27.0 Å². The zero-order valence-electron chi connectivity index (χ0n) is 16.2. The molecule has 1 atom stereocenters. The SMILES string of the molecule is O=C1c2oc3ccc(Br)cc3c(=O)c2C(c2ccc(Cl)c(Cl)c2)N1Cc1ccccc1Cl. The van der Waals surface area contributed by atoms with Crippen molar-refractivity contribution in [2.75, 3.05) is 0 Å². The topological polar surface area (TPSA) is 50.5 Å². The Morgan fingerprint density at radius 3 is 2.44 bits per heavy atom. The van der Waals surface area contributed by atoms with E-state index in [0.29, 0.717) is 31.6 Å². The smallest absolute Gasteiger partial charge is 0.291 e. The van der Waals surface area contributed by atoms with Crippen molar-refractivity contribution < 1.29 is 9.21 Å². The molecule has 0 saturated carbocycles. The van der Waals surface area contributed by atoms with Gasteiger partial charge in [-0.25, -0.2) is 0 Å². The molecule has 4 nitrogen and oxygen atoms in total. The fraction of sp³-hybridized carbons (Fsp3) is 0.0833. The van der Waals surface area contributed by atoms with E-state index in [1.165, 1.54) is 0 Å². The van der Waals surface area contributed by atoms with E-state index in [1.807, 2.05) is 18.2 Å². The molecule has 160 valence electrons. The molecule has 0 N–H and O–H groups in total. The Morgan fingerprint density at radius 2 is 1.69 bits per heavy atom. The number of hydrogen-bond acceptors (Lipinski definition) is 3. The molecule has 0 bridgehead atoms. The molecule has 1 amide bonds. The van der Waals surface area contributed by atoms with Crippen LogP contribution >= 0.6 is 50.7 Å². The van der Waals surface area contributed by atoms with Crippen LogP contribution in [0.5, 0.6) is 0 Å². The first-order valence-electron chi connectivity index (χ1n) is 9.60. The minimum atomic E-state index is -0.705. The van der Waals surface area contributed by atoms with E-state index in [-0.39, 0.29) is 23.3 Å². The standard InChI is InChI=1S/C24H13BrCl3NO3/c25-14-6-8-19-15(10-14)22(30)20-21(12-5-7-17(27)18(28)9-12)29(24(31)23(20)32-19)11-13-3-1-2-4-16(13)26/h1-10,21H,11H2. The van der Waals surface area contributed by atoms with E-state index in [9.17, 15) is 9.59 Å². The summed E-state index contributed by atoms with van der Waals surface area (Å²) in [7, 11) is 0. The maximum absolute atomic E-state index is 13.6. The average Bonchev–Trinajstić information content (AvgIpc) is 3.04. The monoisotopic (exact) mass is 547 g/mol. The summed E-state index contributed by atoms with van der Waals surface area (Å²) in [4.78, 5) is 28.6. The lowest BCUT2D eigenvalue weighted by atomic mass is 9.98. The number of benzene rings is 3. The summed E-state index contributed by atoms with van der Waals surface area (Å²) in [6.45, 7) is 0.188. The fourth-order valence-corrected chi connectivity index (χ4v) is 4.86. The summed E-state index contributed by atoms with van der Waals surface area (Å²) in [6, 6.07) is 16.7. The van der Waals surface area contributed by atoms with Gasteiger partial charge in [-0.05, 0) is 47.5 Å². The van der Waals surface area contributed by atoms with Gasteiger partial charge in [0.15, 0.2) is 5.43 Å². The van der Waals surface area contributed by atoms with Gasteiger partial charge in [0, 0.05) is 16.0 Å². The van der Waals surface area contributed by atoms with Crippen LogP contribution in [0.4, 0.5) is 0 Å². The molecule has 0 fully saturated rings. The molecule has 0 radical (unpaired) electrons. The van der Waals surface area contributed by atoms with Crippen molar-refractivity contribution in [1.82, 2.24) is 4.90 Å². The Bertz CT molecular complexity index is 1470. The lowest BCUT2D eigenvalue weighted by Gasteiger charge is -2.26. The zero-order chi connectivity index (χ0) is 22.6. The number of hydrogen-bond donors (Lipinski definition) is 0. The second-order valence-electron chi connectivity index (χ2n) is 7.42. The van der Waals surface area contributed by atoms with Crippen LogP contribution in [0.25, 0.3) is 11.0 Å². The largest absolute Gasteiger partial charge is 0.450 e. The van der Waals surface area contributed by atoms with Crippen LogP contribution < -0.4 is 5.43 Å². The molecule has 0 aliphatic carbocycles. The highest BCUT2D eigenvalue weighted by atomic mass is 79.9. The molecule has 8 heteroatoms. The van der Waals surface area contributed by atoms with E-state index in [4.69, 9.17) is 39.2 Å². The summed E-state index contributed by atoms with van der Waals surface area (Å²) >= 11 is 22.2. The average molecular weight is 550 g/mol. The van der Waals surface area contributed by atoms with Crippen LogP contribution in [0.15, 0.2) is 74.3 Å². The van der Waals surface area contributed by atoms with Crippen molar-refractivity contribution in [2.45, 2.75) is 12.6 Å². The predicted octanol–water partition coefficient (Wildman–Crippen LogP) is 7.26. The summed E-state index contributed by atoms with van der Waals surface area (Å²) in [5.41, 5.74) is 1.75. The first-order chi connectivity index (χ1) is 15.3. The Hall–Kier alpha value is -2.31. The first-order valence-corrected chi connectivity index (χ1v) is 11.5. The second kappa shape index (κ2) is 8.23. The lowest BCUT2D eigenvalue weighted by Crippen LogP contribution is -2.29. The molecule has 1 aliphatic rings. The number of rotatable bonds is 3. The van der Waals surface area contributed by atoms with Gasteiger partial charge in [-0.15, -0.1) is 0 Å². The van der Waals surface area contributed by atoms with Gasteiger partial charge < -0.3 is 9.32 Å². The van der Waals surface area contributed by atoms with E-state index in [1.54, 1.807) is 47.4 Å². The molecule has 0 saturated heterocycles. The highest BCUT2D eigenvalue weighted by Gasteiger charge is 2.43. The molecule has 2 heterocycles. The molecule has 32 heavy (non-hydrogen) atoms. The van der Waals surface area contributed by atoms with Crippen molar-refractivity contribution in [3.05, 3.63) is 113 Å². The number of carbonyl (C=O) groups is 1. The van der Waals surface area contributed by atoms with Gasteiger partial charge in [0.25, 0.3) is 5.91 Å². The normalized spacial score (nSPS) is 15.4. The number of halogens is 4.